The summed E-state index contributed by atoms with van der Waals surface area (Å²) in [6.07, 6.45) is 3.99. The van der Waals surface area contributed by atoms with Crippen molar-refractivity contribution in [3.63, 3.8) is 0 Å². The fraction of sp³-hybridized carbons (Fsp3) is 0.643. The number of ether oxygens (including phenoxy) is 1. The predicted octanol–water partition coefficient (Wildman–Crippen LogP) is 1.62. The molecule has 6 heteroatoms. The molecule has 5 nitrogen and oxygen atoms in total. The highest BCUT2D eigenvalue weighted by atomic mass is 35.5. The average Bonchev–Trinajstić information content (AvgIpc) is 2.48. The van der Waals surface area contributed by atoms with Crippen LogP contribution in [0.25, 0.3) is 0 Å². The van der Waals surface area contributed by atoms with Crippen molar-refractivity contribution in [1.82, 2.24) is 9.88 Å². The van der Waals surface area contributed by atoms with Gasteiger partial charge in [0.1, 0.15) is 5.82 Å². The van der Waals surface area contributed by atoms with Crippen LogP contribution in [0.5, 0.6) is 0 Å². The molecule has 2 N–H and O–H groups in total. The average molecular weight is 297 g/mol. The summed E-state index contributed by atoms with van der Waals surface area (Å²) in [5.41, 5.74) is 6.31. The molecule has 0 amide bonds. The monoisotopic (exact) mass is 296 g/mol. The van der Waals surface area contributed by atoms with Crippen LogP contribution in [-0.4, -0.2) is 55.3 Å². The number of morpholine rings is 1. The van der Waals surface area contributed by atoms with Crippen LogP contribution >= 0.6 is 11.6 Å². The Balaban J connectivity index is 1.60. The van der Waals surface area contributed by atoms with Crippen LogP contribution in [0.3, 0.4) is 0 Å². The molecule has 2 fully saturated rings. The van der Waals surface area contributed by atoms with Gasteiger partial charge >= 0.3 is 0 Å². The molecule has 0 atom stereocenters. The highest BCUT2D eigenvalue weighted by Gasteiger charge is 2.27. The van der Waals surface area contributed by atoms with Crippen LogP contribution in [0.4, 0.5) is 11.5 Å². The van der Waals surface area contributed by atoms with Crippen molar-refractivity contribution in [2.45, 2.75) is 18.9 Å². The van der Waals surface area contributed by atoms with Crippen LogP contribution in [0.15, 0.2) is 12.3 Å². The second-order valence-corrected chi connectivity index (χ2v) is 5.85. The third kappa shape index (κ3) is 3.00. The molecule has 2 aliphatic heterocycles. The summed E-state index contributed by atoms with van der Waals surface area (Å²) in [5, 5.41) is 0.648. The highest BCUT2D eigenvalue weighted by Crippen LogP contribution is 2.28. The van der Waals surface area contributed by atoms with Crippen molar-refractivity contribution in [3.8, 4) is 0 Å². The Kier molecular flexibility index (Phi) is 4.29. The van der Waals surface area contributed by atoms with E-state index in [9.17, 15) is 0 Å². The number of piperidine rings is 1. The Morgan fingerprint density at radius 3 is 2.55 bits per heavy atom. The van der Waals surface area contributed by atoms with Gasteiger partial charge in [-0.2, -0.15) is 0 Å². The van der Waals surface area contributed by atoms with Crippen molar-refractivity contribution in [1.29, 1.82) is 0 Å². The Labute approximate surface area is 124 Å². The summed E-state index contributed by atoms with van der Waals surface area (Å²) in [4.78, 5) is 9.19. The summed E-state index contributed by atoms with van der Waals surface area (Å²) in [7, 11) is 0. The molecule has 0 aromatic carbocycles. The Morgan fingerprint density at radius 2 is 1.90 bits per heavy atom. The van der Waals surface area contributed by atoms with Gasteiger partial charge in [0.15, 0.2) is 0 Å². The molecule has 20 heavy (non-hydrogen) atoms. The number of nitrogens with zero attached hydrogens (tertiary/aromatic N) is 3. The van der Waals surface area contributed by atoms with Gasteiger partial charge in [-0.3, -0.25) is 4.90 Å². The number of rotatable bonds is 2. The molecule has 0 aliphatic carbocycles. The minimum absolute atomic E-state index is 0.613. The number of anilines is 2. The van der Waals surface area contributed by atoms with E-state index in [0.29, 0.717) is 16.8 Å². The van der Waals surface area contributed by atoms with Gasteiger partial charge in [0.2, 0.25) is 0 Å². The smallest absolute Gasteiger partial charge is 0.147 e. The van der Waals surface area contributed by atoms with E-state index in [1.54, 1.807) is 12.3 Å². The third-order valence-corrected chi connectivity index (χ3v) is 4.45. The van der Waals surface area contributed by atoms with E-state index in [2.05, 4.69) is 14.8 Å². The van der Waals surface area contributed by atoms with Gasteiger partial charge in [-0.25, -0.2) is 4.98 Å². The molecular weight excluding hydrogens is 276 g/mol. The van der Waals surface area contributed by atoms with Crippen LogP contribution in [-0.2, 0) is 4.74 Å². The Morgan fingerprint density at radius 1 is 1.20 bits per heavy atom. The van der Waals surface area contributed by atoms with Crippen molar-refractivity contribution in [3.05, 3.63) is 17.3 Å². The zero-order chi connectivity index (χ0) is 13.9. The molecule has 1 aromatic rings. The molecular formula is C14H21ClN4O. The molecule has 0 bridgehead atoms. The lowest BCUT2D eigenvalue weighted by Crippen LogP contribution is -2.49. The normalized spacial score (nSPS) is 22.1. The number of aromatic nitrogens is 1. The SMILES string of the molecule is Nc1cnc(N2CCC(N3CCOCC3)CC2)c(Cl)c1. The summed E-state index contributed by atoms with van der Waals surface area (Å²) >= 11 is 6.24. The van der Waals surface area contributed by atoms with E-state index < -0.39 is 0 Å². The Hall–Kier alpha value is -1.04. The van der Waals surface area contributed by atoms with Gasteiger partial charge in [0.05, 0.1) is 30.1 Å². The predicted molar refractivity (Wildman–Crippen MR) is 81.3 cm³/mol. The van der Waals surface area contributed by atoms with Gasteiger partial charge in [-0.05, 0) is 18.9 Å². The van der Waals surface area contributed by atoms with Crippen LogP contribution in [0.2, 0.25) is 5.02 Å². The number of halogens is 1. The van der Waals surface area contributed by atoms with E-state index >= 15 is 0 Å². The van der Waals surface area contributed by atoms with Gasteiger partial charge in [0, 0.05) is 32.2 Å². The summed E-state index contributed by atoms with van der Waals surface area (Å²) in [6.45, 7) is 5.85. The number of pyridine rings is 1. The molecule has 2 saturated heterocycles. The second-order valence-electron chi connectivity index (χ2n) is 5.44. The maximum Gasteiger partial charge on any atom is 0.147 e. The molecule has 1 aromatic heterocycles. The number of hydrogen-bond donors (Lipinski definition) is 1. The topological polar surface area (TPSA) is 54.6 Å². The van der Waals surface area contributed by atoms with Gasteiger partial charge in [-0.15, -0.1) is 0 Å². The standard InChI is InChI=1S/C14H21ClN4O/c15-13-9-11(16)10-17-14(13)19-3-1-12(2-4-19)18-5-7-20-8-6-18/h9-10,12H,1-8,16H2. The lowest BCUT2D eigenvalue weighted by atomic mass is 10.0. The van der Waals surface area contributed by atoms with Crippen molar-refractivity contribution in [2.75, 3.05) is 50.0 Å². The molecule has 3 rings (SSSR count). The van der Waals surface area contributed by atoms with Crippen LogP contribution < -0.4 is 10.6 Å². The van der Waals surface area contributed by atoms with E-state index in [-0.39, 0.29) is 0 Å². The number of hydrogen-bond acceptors (Lipinski definition) is 5. The van der Waals surface area contributed by atoms with E-state index in [1.165, 1.54) is 0 Å². The van der Waals surface area contributed by atoms with Gasteiger partial charge in [0.25, 0.3) is 0 Å². The minimum Gasteiger partial charge on any atom is -0.397 e. The van der Waals surface area contributed by atoms with E-state index in [0.717, 1.165) is 58.1 Å². The second kappa shape index (κ2) is 6.16. The summed E-state index contributed by atoms with van der Waals surface area (Å²) < 4.78 is 5.42. The largest absolute Gasteiger partial charge is 0.397 e. The van der Waals surface area contributed by atoms with Crippen LogP contribution in [0.1, 0.15) is 12.8 Å². The van der Waals surface area contributed by atoms with Gasteiger partial charge < -0.3 is 15.4 Å². The maximum atomic E-state index is 6.24. The zero-order valence-corrected chi connectivity index (χ0v) is 12.4. The first-order valence-corrected chi connectivity index (χ1v) is 7.59. The van der Waals surface area contributed by atoms with Crippen molar-refractivity contribution >= 4 is 23.1 Å². The fourth-order valence-electron chi connectivity index (χ4n) is 3.06. The van der Waals surface area contributed by atoms with E-state index in [4.69, 9.17) is 22.1 Å². The first-order valence-electron chi connectivity index (χ1n) is 7.22. The molecule has 0 spiro atoms. The lowest BCUT2D eigenvalue weighted by Gasteiger charge is -2.40. The minimum atomic E-state index is 0.613. The van der Waals surface area contributed by atoms with Crippen molar-refractivity contribution in [2.24, 2.45) is 0 Å². The summed E-state index contributed by atoms with van der Waals surface area (Å²) in [5.74, 6) is 0.862. The number of nitrogen functional groups attached to an aromatic ring is 1. The third-order valence-electron chi connectivity index (χ3n) is 4.17. The summed E-state index contributed by atoms with van der Waals surface area (Å²) in [6, 6.07) is 2.44. The first-order chi connectivity index (χ1) is 9.74. The lowest BCUT2D eigenvalue weighted by molar-refractivity contribution is 0.0115. The molecule has 0 saturated carbocycles. The van der Waals surface area contributed by atoms with Crippen molar-refractivity contribution < 1.29 is 4.74 Å². The first kappa shape index (κ1) is 13.9. The molecule has 0 unspecified atom stereocenters. The molecule has 110 valence electrons. The molecule has 2 aliphatic rings. The van der Waals surface area contributed by atoms with E-state index in [1.807, 2.05) is 0 Å². The molecule has 3 heterocycles. The highest BCUT2D eigenvalue weighted by molar-refractivity contribution is 6.33. The zero-order valence-electron chi connectivity index (χ0n) is 11.6. The number of nitrogens with two attached hydrogens (primary N) is 1. The van der Waals surface area contributed by atoms with Crippen LogP contribution in [0, 0.1) is 0 Å². The van der Waals surface area contributed by atoms with Gasteiger partial charge in [-0.1, -0.05) is 11.6 Å². The molecule has 0 radical (unpaired) electrons. The maximum absolute atomic E-state index is 6.24. The Bertz CT molecular complexity index is 456. The quantitative estimate of drug-likeness (QED) is 0.899. The fourth-order valence-corrected chi connectivity index (χ4v) is 3.36.